The number of anilines is 1. The van der Waals surface area contributed by atoms with Crippen molar-refractivity contribution in [3.8, 4) is 0 Å². The molecule has 7 nitrogen and oxygen atoms in total. The lowest BCUT2D eigenvalue weighted by Crippen LogP contribution is -2.31. The lowest BCUT2D eigenvalue weighted by molar-refractivity contribution is -0.137. The largest absolute Gasteiger partial charge is 0.416 e. The number of fused-ring (bicyclic) bond motifs is 1. The van der Waals surface area contributed by atoms with E-state index < -0.39 is 17.8 Å². The van der Waals surface area contributed by atoms with Crippen molar-refractivity contribution < 1.29 is 18.0 Å². The smallest absolute Gasteiger partial charge is 0.366 e. The molecule has 0 saturated carbocycles. The second-order valence-electron chi connectivity index (χ2n) is 7.99. The first-order valence-corrected chi connectivity index (χ1v) is 9.90. The minimum atomic E-state index is -4.45. The Hall–Kier alpha value is -3.17. The fourth-order valence-electron chi connectivity index (χ4n) is 3.57. The van der Waals surface area contributed by atoms with Gasteiger partial charge in [0.1, 0.15) is 0 Å². The van der Waals surface area contributed by atoms with Gasteiger partial charge in [-0.25, -0.2) is 4.98 Å². The molecule has 31 heavy (non-hydrogen) atoms. The van der Waals surface area contributed by atoms with Crippen LogP contribution in [0.4, 0.5) is 19.1 Å². The quantitative estimate of drug-likeness (QED) is 0.615. The lowest BCUT2D eigenvalue weighted by Gasteiger charge is -2.22. The number of carbonyl (C=O) groups excluding carboxylic acids is 1. The standard InChI is InChI=1S/C21H25F3N6O/c1-11(2)8-17(14-6-5-7-15(9-14)21(22,23)24)27-18(31)10-16-12(3)26-20-28-19(25)29-30(20)13(16)4/h5-7,9,11,17H,8,10H2,1-4H3,(H2,25,29)(H,27,31). The first-order valence-electron chi connectivity index (χ1n) is 9.90. The maximum Gasteiger partial charge on any atom is 0.416 e. The third-order valence-corrected chi connectivity index (χ3v) is 5.06. The zero-order valence-corrected chi connectivity index (χ0v) is 17.8. The number of nitrogens with two attached hydrogens (primary N) is 1. The molecule has 10 heteroatoms. The van der Waals surface area contributed by atoms with E-state index in [0.29, 0.717) is 34.7 Å². The molecular weight excluding hydrogens is 409 g/mol. The van der Waals surface area contributed by atoms with Crippen LogP contribution in [0.25, 0.3) is 5.78 Å². The number of nitrogens with zero attached hydrogens (tertiary/aromatic N) is 4. The van der Waals surface area contributed by atoms with E-state index >= 15 is 0 Å². The highest BCUT2D eigenvalue weighted by molar-refractivity contribution is 5.79. The average molecular weight is 434 g/mol. The van der Waals surface area contributed by atoms with Crippen LogP contribution in [-0.4, -0.2) is 25.5 Å². The van der Waals surface area contributed by atoms with Crippen LogP contribution in [-0.2, 0) is 17.4 Å². The Bertz CT molecular complexity index is 1110. The molecule has 0 spiro atoms. The van der Waals surface area contributed by atoms with E-state index in [-0.39, 0.29) is 24.2 Å². The number of nitrogen functional groups attached to an aromatic ring is 1. The monoisotopic (exact) mass is 434 g/mol. The van der Waals surface area contributed by atoms with E-state index in [0.717, 1.165) is 12.1 Å². The van der Waals surface area contributed by atoms with Crippen LogP contribution in [0.5, 0.6) is 0 Å². The van der Waals surface area contributed by atoms with Gasteiger partial charge < -0.3 is 11.1 Å². The van der Waals surface area contributed by atoms with Crippen LogP contribution >= 0.6 is 0 Å². The summed E-state index contributed by atoms with van der Waals surface area (Å²) in [6.07, 6.45) is -3.94. The second kappa shape index (κ2) is 8.52. The molecule has 3 N–H and O–H groups in total. The van der Waals surface area contributed by atoms with Gasteiger partial charge in [0.05, 0.1) is 18.0 Å². The molecule has 0 bridgehead atoms. The number of hydrogen-bond acceptors (Lipinski definition) is 5. The van der Waals surface area contributed by atoms with E-state index in [9.17, 15) is 18.0 Å². The summed E-state index contributed by atoms with van der Waals surface area (Å²) in [5, 5.41) is 6.98. The highest BCUT2D eigenvalue weighted by atomic mass is 19.4. The summed E-state index contributed by atoms with van der Waals surface area (Å²) >= 11 is 0. The number of aryl methyl sites for hydroxylation is 2. The Morgan fingerprint density at radius 1 is 1.23 bits per heavy atom. The maximum atomic E-state index is 13.1. The van der Waals surface area contributed by atoms with Crippen molar-refractivity contribution >= 4 is 17.6 Å². The van der Waals surface area contributed by atoms with Crippen molar-refractivity contribution in [1.82, 2.24) is 24.9 Å². The van der Waals surface area contributed by atoms with Crippen molar-refractivity contribution in [2.45, 2.75) is 52.8 Å². The SMILES string of the molecule is Cc1nc2nc(N)nn2c(C)c1CC(=O)NC(CC(C)C)c1cccc(C(F)(F)F)c1. The minimum Gasteiger partial charge on any atom is -0.366 e. The second-order valence-corrected chi connectivity index (χ2v) is 7.99. The molecule has 3 aromatic rings. The van der Waals surface area contributed by atoms with Crippen LogP contribution in [0.1, 0.15) is 54.4 Å². The van der Waals surface area contributed by atoms with Crippen molar-refractivity contribution in [2.24, 2.45) is 5.92 Å². The molecule has 1 unspecified atom stereocenters. The molecule has 1 aromatic carbocycles. The average Bonchev–Trinajstić information content (AvgIpc) is 3.04. The first kappa shape index (κ1) is 22.5. The first-order chi connectivity index (χ1) is 14.5. The Balaban J connectivity index is 1.86. The Labute approximate surface area is 177 Å². The van der Waals surface area contributed by atoms with Gasteiger partial charge in [-0.3, -0.25) is 4.79 Å². The predicted octanol–water partition coefficient (Wildman–Crippen LogP) is 3.79. The van der Waals surface area contributed by atoms with Crippen molar-refractivity contribution in [3.63, 3.8) is 0 Å². The van der Waals surface area contributed by atoms with E-state index in [2.05, 4.69) is 20.4 Å². The van der Waals surface area contributed by atoms with Gasteiger partial charge in [-0.15, -0.1) is 5.10 Å². The van der Waals surface area contributed by atoms with Gasteiger partial charge in [-0.1, -0.05) is 26.0 Å². The van der Waals surface area contributed by atoms with Gasteiger partial charge in [0.25, 0.3) is 5.78 Å². The fraction of sp³-hybridized carbons (Fsp3) is 0.429. The number of halogens is 3. The number of rotatable bonds is 6. The van der Waals surface area contributed by atoms with Gasteiger partial charge in [-0.2, -0.15) is 22.7 Å². The molecule has 0 aliphatic heterocycles. The zero-order valence-electron chi connectivity index (χ0n) is 17.8. The molecule has 2 heterocycles. The lowest BCUT2D eigenvalue weighted by atomic mass is 9.95. The normalized spacial score (nSPS) is 13.0. The van der Waals surface area contributed by atoms with Gasteiger partial charge in [0.15, 0.2) is 0 Å². The molecule has 1 atom stereocenters. The molecule has 0 saturated heterocycles. The Morgan fingerprint density at radius 2 is 1.94 bits per heavy atom. The van der Waals surface area contributed by atoms with Crippen LogP contribution < -0.4 is 11.1 Å². The fourth-order valence-corrected chi connectivity index (χ4v) is 3.57. The van der Waals surface area contributed by atoms with Crippen LogP contribution in [0, 0.1) is 19.8 Å². The molecule has 2 aromatic heterocycles. The van der Waals surface area contributed by atoms with E-state index in [1.807, 2.05) is 13.8 Å². The summed E-state index contributed by atoms with van der Waals surface area (Å²) in [6, 6.07) is 4.53. The van der Waals surface area contributed by atoms with Crippen LogP contribution in [0.15, 0.2) is 24.3 Å². The van der Waals surface area contributed by atoms with E-state index in [4.69, 9.17) is 5.73 Å². The van der Waals surface area contributed by atoms with Crippen LogP contribution in [0.3, 0.4) is 0 Å². The molecule has 0 radical (unpaired) electrons. The molecule has 0 fully saturated rings. The molecular formula is C21H25F3N6O. The third-order valence-electron chi connectivity index (χ3n) is 5.06. The van der Waals surface area contributed by atoms with Crippen LogP contribution in [0.2, 0.25) is 0 Å². The minimum absolute atomic E-state index is 0.00787. The Morgan fingerprint density at radius 3 is 2.58 bits per heavy atom. The summed E-state index contributed by atoms with van der Waals surface area (Å²) in [7, 11) is 0. The number of nitrogens with one attached hydrogen (secondary N) is 1. The predicted molar refractivity (Wildman–Crippen MR) is 110 cm³/mol. The summed E-state index contributed by atoms with van der Waals surface area (Å²) in [5.41, 5.74) is 7.29. The van der Waals surface area contributed by atoms with E-state index in [1.54, 1.807) is 19.9 Å². The van der Waals surface area contributed by atoms with Gasteiger partial charge in [-0.05, 0) is 43.9 Å². The van der Waals surface area contributed by atoms with Crippen molar-refractivity contribution in [3.05, 3.63) is 52.3 Å². The summed E-state index contributed by atoms with van der Waals surface area (Å²) in [5.74, 6) is 0.277. The van der Waals surface area contributed by atoms with Gasteiger partial charge in [0.2, 0.25) is 11.9 Å². The molecule has 3 rings (SSSR count). The van der Waals surface area contributed by atoms with Crippen molar-refractivity contribution in [2.75, 3.05) is 5.73 Å². The third kappa shape index (κ3) is 5.12. The number of aromatic nitrogens is 4. The highest BCUT2D eigenvalue weighted by Gasteiger charge is 2.31. The van der Waals surface area contributed by atoms with E-state index in [1.165, 1.54) is 10.6 Å². The number of hydrogen-bond donors (Lipinski definition) is 2. The topological polar surface area (TPSA) is 98.2 Å². The number of alkyl halides is 3. The van der Waals surface area contributed by atoms with Crippen molar-refractivity contribution in [1.29, 1.82) is 0 Å². The van der Waals surface area contributed by atoms with Gasteiger partial charge in [0, 0.05) is 17.0 Å². The number of benzene rings is 1. The maximum absolute atomic E-state index is 13.1. The zero-order chi connectivity index (χ0) is 22.9. The number of amides is 1. The van der Waals surface area contributed by atoms with Gasteiger partial charge >= 0.3 is 6.18 Å². The highest BCUT2D eigenvalue weighted by Crippen LogP contribution is 2.32. The summed E-state index contributed by atoms with van der Waals surface area (Å²) < 4.78 is 40.9. The Kier molecular flexibility index (Phi) is 6.19. The molecule has 1 amide bonds. The molecule has 166 valence electrons. The molecule has 0 aliphatic carbocycles. The summed E-state index contributed by atoms with van der Waals surface area (Å²) in [6.45, 7) is 7.46. The number of carbonyl (C=O) groups is 1. The summed E-state index contributed by atoms with van der Waals surface area (Å²) in [4.78, 5) is 21.2. The molecule has 0 aliphatic rings.